The van der Waals surface area contributed by atoms with Gasteiger partial charge in [0.1, 0.15) is 5.82 Å². The van der Waals surface area contributed by atoms with Gasteiger partial charge in [-0.1, -0.05) is 164 Å². The van der Waals surface area contributed by atoms with Crippen LogP contribution in [0.15, 0.2) is 237 Å². The molecule has 0 fully saturated rings. The summed E-state index contributed by atoms with van der Waals surface area (Å²) in [4.78, 5) is 2.21. The largest absolute Gasteiger partial charge is 0.310 e. The van der Waals surface area contributed by atoms with Crippen LogP contribution in [-0.4, -0.2) is 4.57 Å². The second-order valence-corrected chi connectivity index (χ2v) is 16.2. The maximum atomic E-state index is 14.2. The maximum Gasteiger partial charge on any atom is 0.123 e. The van der Waals surface area contributed by atoms with E-state index in [1.165, 1.54) is 61.8 Å². The first kappa shape index (κ1) is 35.9. The van der Waals surface area contributed by atoms with E-state index >= 15 is 0 Å². The third kappa shape index (κ3) is 5.48. The molecule has 292 valence electrons. The van der Waals surface area contributed by atoms with Gasteiger partial charge in [0.15, 0.2) is 0 Å². The zero-order valence-corrected chi connectivity index (χ0v) is 33.8. The van der Waals surface area contributed by atoms with Gasteiger partial charge in [-0.05, 0) is 123 Å². The molecule has 10 aromatic carbocycles. The van der Waals surface area contributed by atoms with Crippen molar-refractivity contribution in [2.75, 3.05) is 4.90 Å². The molecule has 0 N–H and O–H groups in total. The van der Waals surface area contributed by atoms with Crippen LogP contribution in [0, 0.1) is 5.82 Å². The quantitative estimate of drug-likeness (QED) is 0.156. The molecule has 1 aromatic heterocycles. The summed E-state index contributed by atoms with van der Waals surface area (Å²) in [5.74, 6) is -0.257. The molecule has 0 spiro atoms. The van der Waals surface area contributed by atoms with Crippen LogP contribution in [0.3, 0.4) is 0 Å². The number of halogens is 1. The van der Waals surface area contributed by atoms with Gasteiger partial charge in [0, 0.05) is 33.2 Å². The second-order valence-electron chi connectivity index (χ2n) is 16.2. The number of hydrogen-bond donors (Lipinski definition) is 0. The summed E-state index contributed by atoms with van der Waals surface area (Å²) in [6, 6.07) is 83.8. The van der Waals surface area contributed by atoms with E-state index in [2.05, 4.69) is 222 Å². The highest BCUT2D eigenvalue weighted by Crippen LogP contribution is 2.56. The molecule has 12 rings (SSSR count). The molecule has 0 bridgehead atoms. The number of hydrogen-bond acceptors (Lipinski definition) is 1. The lowest BCUT2D eigenvalue weighted by molar-refractivity contribution is 0.628. The standard InChI is InChI=1S/C59H39FN2/c60-45-29-33-47(34-30-45)61(56-25-13-15-41-14-7-8-20-49(41)56)46-31-26-40(27-32-46)42-28-37-58-53(38-42)52-22-10-12-24-57(52)62(58)48-35-36-51-50-21-9-11-23-54(50)59(55(51)39-48,43-16-3-1-4-17-43)44-18-5-2-6-19-44/h1-39H. The summed E-state index contributed by atoms with van der Waals surface area (Å²) in [7, 11) is 0. The van der Waals surface area contributed by atoms with Crippen molar-refractivity contribution in [2.45, 2.75) is 5.41 Å². The van der Waals surface area contributed by atoms with Crippen molar-refractivity contribution in [3.8, 4) is 27.9 Å². The van der Waals surface area contributed by atoms with E-state index in [1.807, 2.05) is 12.1 Å². The Balaban J connectivity index is 0.993. The minimum Gasteiger partial charge on any atom is -0.310 e. The van der Waals surface area contributed by atoms with Gasteiger partial charge in [-0.25, -0.2) is 4.39 Å². The van der Waals surface area contributed by atoms with E-state index in [9.17, 15) is 4.39 Å². The molecule has 0 atom stereocenters. The van der Waals surface area contributed by atoms with Crippen LogP contribution >= 0.6 is 0 Å². The summed E-state index contributed by atoms with van der Waals surface area (Å²) in [5.41, 5.74) is 15.8. The number of benzene rings is 10. The lowest BCUT2D eigenvalue weighted by atomic mass is 9.67. The second kappa shape index (κ2) is 14.3. The van der Waals surface area contributed by atoms with Crippen LogP contribution in [0.1, 0.15) is 22.3 Å². The van der Waals surface area contributed by atoms with Gasteiger partial charge in [0.25, 0.3) is 0 Å². The molecule has 2 nitrogen and oxygen atoms in total. The van der Waals surface area contributed by atoms with Gasteiger partial charge >= 0.3 is 0 Å². The van der Waals surface area contributed by atoms with Crippen LogP contribution in [0.4, 0.5) is 21.5 Å². The van der Waals surface area contributed by atoms with Crippen LogP contribution in [0.2, 0.25) is 0 Å². The Labute approximate surface area is 360 Å². The molecule has 1 aliphatic rings. The SMILES string of the molecule is Fc1ccc(N(c2ccc(-c3ccc4c(c3)c3ccccc3n4-c3ccc4c(c3)C(c3ccccc3)(c3ccccc3)c3ccccc3-4)cc2)c2cccc3ccccc23)cc1. The minimum absolute atomic E-state index is 0.257. The van der Waals surface area contributed by atoms with Crippen LogP contribution in [-0.2, 0) is 5.41 Å². The first-order valence-electron chi connectivity index (χ1n) is 21.2. The monoisotopic (exact) mass is 794 g/mol. The first-order valence-corrected chi connectivity index (χ1v) is 21.2. The number of fused-ring (bicyclic) bond motifs is 7. The Morgan fingerprint density at radius 3 is 1.73 bits per heavy atom. The lowest BCUT2D eigenvalue weighted by Crippen LogP contribution is -2.28. The Bertz CT molecular complexity index is 3420. The number of para-hydroxylation sites is 1. The predicted molar refractivity (Wildman–Crippen MR) is 256 cm³/mol. The Morgan fingerprint density at radius 2 is 0.968 bits per heavy atom. The number of aromatic nitrogens is 1. The third-order valence-electron chi connectivity index (χ3n) is 12.9. The zero-order chi connectivity index (χ0) is 41.2. The number of nitrogens with zero attached hydrogens (tertiary/aromatic N) is 2. The Morgan fingerprint density at radius 1 is 0.387 bits per heavy atom. The van der Waals surface area contributed by atoms with Gasteiger partial charge in [-0.3, -0.25) is 0 Å². The Hall–Kier alpha value is -8.01. The van der Waals surface area contributed by atoms with E-state index in [4.69, 9.17) is 0 Å². The predicted octanol–water partition coefficient (Wildman–Crippen LogP) is 15.6. The number of anilines is 3. The van der Waals surface area contributed by atoms with E-state index in [0.29, 0.717) is 0 Å². The van der Waals surface area contributed by atoms with Gasteiger partial charge < -0.3 is 9.47 Å². The molecule has 0 aliphatic heterocycles. The molecule has 0 radical (unpaired) electrons. The smallest absolute Gasteiger partial charge is 0.123 e. The molecule has 1 aliphatic carbocycles. The maximum absolute atomic E-state index is 14.2. The van der Waals surface area contributed by atoms with Gasteiger partial charge in [0.05, 0.1) is 22.1 Å². The summed E-state index contributed by atoms with van der Waals surface area (Å²) < 4.78 is 16.6. The highest BCUT2D eigenvalue weighted by Gasteiger charge is 2.46. The van der Waals surface area contributed by atoms with Crippen LogP contribution in [0.5, 0.6) is 0 Å². The number of rotatable bonds is 7. The van der Waals surface area contributed by atoms with Crippen molar-refractivity contribution in [3.63, 3.8) is 0 Å². The average molecular weight is 795 g/mol. The van der Waals surface area contributed by atoms with Gasteiger partial charge in [0.2, 0.25) is 0 Å². The van der Waals surface area contributed by atoms with E-state index < -0.39 is 5.41 Å². The molecule has 0 saturated carbocycles. The summed E-state index contributed by atoms with van der Waals surface area (Å²) in [5, 5.41) is 4.69. The fraction of sp³-hybridized carbons (Fsp3) is 0.0169. The third-order valence-corrected chi connectivity index (χ3v) is 12.9. The van der Waals surface area contributed by atoms with Crippen LogP contribution in [0.25, 0.3) is 60.5 Å². The molecule has 3 heteroatoms. The van der Waals surface area contributed by atoms with Crippen molar-refractivity contribution in [1.29, 1.82) is 0 Å². The van der Waals surface area contributed by atoms with E-state index in [-0.39, 0.29) is 5.82 Å². The van der Waals surface area contributed by atoms with Crippen molar-refractivity contribution >= 4 is 49.6 Å². The highest BCUT2D eigenvalue weighted by molar-refractivity contribution is 6.10. The Kier molecular flexibility index (Phi) is 8.29. The van der Waals surface area contributed by atoms with Crippen molar-refractivity contribution in [1.82, 2.24) is 4.57 Å². The first-order chi connectivity index (χ1) is 30.7. The fourth-order valence-electron chi connectivity index (χ4n) is 10.2. The minimum atomic E-state index is -0.484. The highest BCUT2D eigenvalue weighted by atomic mass is 19.1. The average Bonchev–Trinajstić information content (AvgIpc) is 3.83. The summed E-state index contributed by atoms with van der Waals surface area (Å²) in [6.45, 7) is 0. The van der Waals surface area contributed by atoms with Crippen molar-refractivity contribution in [2.24, 2.45) is 0 Å². The fourth-order valence-corrected chi connectivity index (χ4v) is 10.2. The normalized spacial score (nSPS) is 12.7. The van der Waals surface area contributed by atoms with E-state index in [1.54, 1.807) is 0 Å². The molecule has 0 saturated heterocycles. The van der Waals surface area contributed by atoms with Crippen molar-refractivity contribution in [3.05, 3.63) is 265 Å². The topological polar surface area (TPSA) is 8.17 Å². The van der Waals surface area contributed by atoms with Gasteiger partial charge in [-0.15, -0.1) is 0 Å². The van der Waals surface area contributed by atoms with Crippen molar-refractivity contribution < 1.29 is 4.39 Å². The molecule has 0 unspecified atom stereocenters. The zero-order valence-electron chi connectivity index (χ0n) is 33.8. The molecular weight excluding hydrogens is 756 g/mol. The van der Waals surface area contributed by atoms with E-state index in [0.717, 1.165) is 50.2 Å². The lowest BCUT2D eigenvalue weighted by Gasteiger charge is -2.34. The van der Waals surface area contributed by atoms with Gasteiger partial charge in [-0.2, -0.15) is 0 Å². The summed E-state index contributed by atoms with van der Waals surface area (Å²) in [6.07, 6.45) is 0. The molecule has 62 heavy (non-hydrogen) atoms. The molecule has 1 heterocycles. The van der Waals surface area contributed by atoms with Crippen LogP contribution < -0.4 is 4.90 Å². The molecular formula is C59H39FN2. The molecule has 11 aromatic rings. The molecule has 0 amide bonds. The summed E-state index contributed by atoms with van der Waals surface area (Å²) >= 11 is 0.